The lowest BCUT2D eigenvalue weighted by Crippen LogP contribution is -2.46. The van der Waals surface area contributed by atoms with E-state index in [4.69, 9.17) is 14.0 Å². The summed E-state index contributed by atoms with van der Waals surface area (Å²) in [6, 6.07) is 0. The summed E-state index contributed by atoms with van der Waals surface area (Å²) in [5.74, 6) is -0.934. The van der Waals surface area contributed by atoms with Gasteiger partial charge in [-0.1, -0.05) is 0 Å². The maximum atomic E-state index is 13.9. The zero-order valence-electron chi connectivity index (χ0n) is 10.1. The third-order valence-corrected chi connectivity index (χ3v) is 2.72. The monoisotopic (exact) mass is 272 g/mol. The van der Waals surface area contributed by atoms with Gasteiger partial charge in [-0.2, -0.15) is 8.42 Å². The molecule has 1 aliphatic heterocycles. The molecule has 0 radical (unpaired) electrons. The molecule has 1 fully saturated rings. The van der Waals surface area contributed by atoms with Crippen LogP contribution in [0.5, 0.6) is 0 Å². The molecule has 0 aromatic heterocycles. The second-order valence-corrected chi connectivity index (χ2v) is 5.92. The maximum absolute atomic E-state index is 13.9. The smallest absolute Gasteiger partial charge is 0.348 e. The van der Waals surface area contributed by atoms with Gasteiger partial charge < -0.3 is 9.47 Å². The molecule has 1 aliphatic rings. The average Bonchev–Trinajstić information content (AvgIpc) is 2.38. The summed E-state index contributed by atoms with van der Waals surface area (Å²) in [5.41, 5.74) is -2.01. The van der Waals surface area contributed by atoms with Gasteiger partial charge >= 0.3 is 10.4 Å². The first-order valence-corrected chi connectivity index (χ1v) is 6.44. The molecular weight excluding hydrogens is 255 g/mol. The van der Waals surface area contributed by atoms with Crippen LogP contribution in [0.4, 0.5) is 4.39 Å². The van der Waals surface area contributed by atoms with Crippen LogP contribution in [0.1, 0.15) is 27.7 Å². The first kappa shape index (κ1) is 14.8. The van der Waals surface area contributed by atoms with Crippen molar-refractivity contribution in [2.45, 2.75) is 51.4 Å². The van der Waals surface area contributed by atoms with E-state index in [1.807, 2.05) is 0 Å². The summed E-state index contributed by atoms with van der Waals surface area (Å²) in [6.07, 6.45) is -2.38. The first-order valence-electron chi connectivity index (χ1n) is 5.07. The molecule has 0 amide bonds. The molecule has 1 heterocycles. The van der Waals surface area contributed by atoms with Crippen molar-refractivity contribution in [3.63, 3.8) is 0 Å². The van der Waals surface area contributed by atoms with Crippen LogP contribution in [0.15, 0.2) is 0 Å². The Kier molecular flexibility index (Phi) is 3.85. The van der Waals surface area contributed by atoms with Crippen molar-refractivity contribution in [2.75, 3.05) is 6.61 Å². The van der Waals surface area contributed by atoms with E-state index in [0.717, 1.165) is 13.8 Å². The molecular formula is C9H17FO6S. The highest BCUT2D eigenvalue weighted by Crippen LogP contribution is 2.32. The Balaban J connectivity index is 2.86. The second kappa shape index (κ2) is 4.43. The van der Waals surface area contributed by atoms with Gasteiger partial charge in [-0.15, -0.1) is 0 Å². The van der Waals surface area contributed by atoms with Crippen molar-refractivity contribution in [3.05, 3.63) is 0 Å². The molecule has 6 nitrogen and oxygen atoms in total. The molecule has 1 N–H and O–H groups in total. The highest BCUT2D eigenvalue weighted by atomic mass is 32.3. The summed E-state index contributed by atoms with van der Waals surface area (Å²) in [4.78, 5) is 0. The Morgan fingerprint density at radius 3 is 2.35 bits per heavy atom. The Morgan fingerprint density at radius 2 is 2.06 bits per heavy atom. The molecule has 0 aliphatic carbocycles. The number of alkyl halides is 1. The van der Waals surface area contributed by atoms with E-state index in [9.17, 15) is 12.8 Å². The van der Waals surface area contributed by atoms with Crippen molar-refractivity contribution >= 4 is 10.4 Å². The summed E-state index contributed by atoms with van der Waals surface area (Å²) in [7, 11) is -4.76. The zero-order valence-corrected chi connectivity index (χ0v) is 11.0. The van der Waals surface area contributed by atoms with Gasteiger partial charge in [0.05, 0.1) is 6.61 Å². The number of rotatable bonds is 4. The van der Waals surface area contributed by atoms with Crippen molar-refractivity contribution in [1.29, 1.82) is 0 Å². The fourth-order valence-electron chi connectivity index (χ4n) is 1.61. The zero-order chi connectivity index (χ0) is 13.5. The van der Waals surface area contributed by atoms with Crippen LogP contribution in [0, 0.1) is 0 Å². The van der Waals surface area contributed by atoms with E-state index in [2.05, 4.69) is 4.18 Å². The lowest BCUT2D eigenvalue weighted by molar-refractivity contribution is -0.159. The Hall–Kier alpha value is -0.280. The van der Waals surface area contributed by atoms with Gasteiger partial charge in [0, 0.05) is 0 Å². The normalized spacial score (nSPS) is 27.1. The van der Waals surface area contributed by atoms with Crippen LogP contribution in [-0.4, -0.2) is 43.2 Å². The van der Waals surface area contributed by atoms with Crippen LogP contribution >= 0.6 is 0 Å². The van der Waals surface area contributed by atoms with Crippen molar-refractivity contribution in [2.24, 2.45) is 0 Å². The summed E-state index contributed by atoms with van der Waals surface area (Å²) in [6.45, 7) is 5.49. The molecule has 0 aromatic rings. The highest BCUT2D eigenvalue weighted by molar-refractivity contribution is 7.80. The molecule has 0 unspecified atom stereocenters. The van der Waals surface area contributed by atoms with Crippen LogP contribution in [-0.2, 0) is 24.1 Å². The fraction of sp³-hybridized carbons (Fsp3) is 1.00. The van der Waals surface area contributed by atoms with Gasteiger partial charge in [-0.3, -0.25) is 4.55 Å². The van der Waals surface area contributed by atoms with E-state index in [1.165, 1.54) is 0 Å². The lowest BCUT2D eigenvalue weighted by atomic mass is 9.99. The lowest BCUT2D eigenvalue weighted by Gasteiger charge is -2.29. The summed E-state index contributed by atoms with van der Waals surface area (Å²) < 4.78 is 58.7. The minimum absolute atomic E-state index is 0.0134. The van der Waals surface area contributed by atoms with E-state index < -0.39 is 34.1 Å². The van der Waals surface area contributed by atoms with Gasteiger partial charge in [0.25, 0.3) is 0 Å². The minimum Gasteiger partial charge on any atom is -0.348 e. The molecule has 0 aromatic carbocycles. The maximum Gasteiger partial charge on any atom is 0.397 e. The molecule has 0 spiro atoms. The van der Waals surface area contributed by atoms with Gasteiger partial charge in [-0.25, -0.2) is 8.57 Å². The third kappa shape index (κ3) is 4.47. The number of halogens is 1. The SMILES string of the molecule is CC1(C)OC[C@H]([C@@H](OS(=O)(=O)O)C(C)(C)F)O1. The standard InChI is InChI=1S/C9H17FO6S/c1-8(2,10)7(16-17(11,12)13)6-5-14-9(3,4)15-6/h6-7H,5H2,1-4H3,(H,11,12,13)/t6-,7-/m1/s1. The van der Waals surface area contributed by atoms with Crippen LogP contribution in [0.3, 0.4) is 0 Å². The molecule has 8 heteroatoms. The van der Waals surface area contributed by atoms with E-state index in [-0.39, 0.29) is 6.61 Å². The molecule has 1 rings (SSSR count). The summed E-state index contributed by atoms with van der Waals surface area (Å²) >= 11 is 0. The second-order valence-electron chi connectivity index (χ2n) is 4.88. The van der Waals surface area contributed by atoms with E-state index >= 15 is 0 Å². The van der Waals surface area contributed by atoms with Crippen LogP contribution < -0.4 is 0 Å². The number of hydrogen-bond acceptors (Lipinski definition) is 5. The Morgan fingerprint density at radius 1 is 1.53 bits per heavy atom. The molecule has 2 atom stereocenters. The average molecular weight is 272 g/mol. The molecule has 1 saturated heterocycles. The fourth-order valence-corrected chi connectivity index (χ4v) is 2.23. The quantitative estimate of drug-likeness (QED) is 0.771. The largest absolute Gasteiger partial charge is 0.397 e. The van der Waals surface area contributed by atoms with Gasteiger partial charge in [0.15, 0.2) is 5.79 Å². The predicted octanol–water partition coefficient (Wildman–Crippen LogP) is 1.07. The van der Waals surface area contributed by atoms with E-state index in [1.54, 1.807) is 13.8 Å². The molecule has 0 saturated carbocycles. The Labute approximate surface area is 100.0 Å². The van der Waals surface area contributed by atoms with Gasteiger partial charge in [0.2, 0.25) is 0 Å². The number of ether oxygens (including phenoxy) is 2. The number of hydrogen-bond donors (Lipinski definition) is 1. The minimum atomic E-state index is -4.76. The van der Waals surface area contributed by atoms with Crippen molar-refractivity contribution in [1.82, 2.24) is 0 Å². The van der Waals surface area contributed by atoms with E-state index in [0.29, 0.717) is 0 Å². The van der Waals surface area contributed by atoms with Crippen molar-refractivity contribution in [3.8, 4) is 0 Å². The van der Waals surface area contributed by atoms with Crippen molar-refractivity contribution < 1.29 is 31.0 Å². The first-order chi connectivity index (χ1) is 7.41. The molecule has 102 valence electrons. The Bertz CT molecular complexity index is 371. The predicted molar refractivity (Wildman–Crippen MR) is 56.5 cm³/mol. The topological polar surface area (TPSA) is 82.1 Å². The van der Waals surface area contributed by atoms with Crippen LogP contribution in [0.2, 0.25) is 0 Å². The van der Waals surface area contributed by atoms with Crippen LogP contribution in [0.25, 0.3) is 0 Å². The molecule has 17 heavy (non-hydrogen) atoms. The highest BCUT2D eigenvalue weighted by Gasteiger charge is 2.47. The summed E-state index contributed by atoms with van der Waals surface area (Å²) in [5, 5.41) is 0. The molecule has 0 bridgehead atoms. The third-order valence-electron chi connectivity index (χ3n) is 2.27. The van der Waals surface area contributed by atoms with Gasteiger partial charge in [-0.05, 0) is 27.7 Å². The van der Waals surface area contributed by atoms with Gasteiger partial charge in [0.1, 0.15) is 17.9 Å².